The van der Waals surface area contributed by atoms with Crippen LogP contribution in [0, 0.1) is 0 Å². The number of unbranched alkanes of at least 4 members (excludes halogenated alkanes) is 37. The number of esters is 2. The molecule has 4 N–H and O–H groups in total. The summed E-state index contributed by atoms with van der Waals surface area (Å²) in [5.41, 5.74) is 5.37. The monoisotopic (exact) mass is 998 g/mol. The van der Waals surface area contributed by atoms with Gasteiger partial charge in [0.1, 0.15) is 12.6 Å². The minimum Gasteiger partial charge on any atom is -0.480 e. The Balaban J connectivity index is 4.13. The zero-order valence-corrected chi connectivity index (χ0v) is 45.6. The van der Waals surface area contributed by atoms with Crippen LogP contribution in [0.2, 0.25) is 0 Å². The van der Waals surface area contributed by atoms with Gasteiger partial charge < -0.3 is 25.2 Å². The average molecular weight is 998 g/mol. The van der Waals surface area contributed by atoms with Crippen molar-refractivity contribution in [3.63, 3.8) is 0 Å². The van der Waals surface area contributed by atoms with Crippen molar-refractivity contribution < 1.29 is 47.5 Å². The third-order valence-electron chi connectivity index (χ3n) is 13.0. The number of hydrogen-bond acceptors (Lipinski definition) is 9. The van der Waals surface area contributed by atoms with Crippen LogP contribution in [0.25, 0.3) is 0 Å². The van der Waals surface area contributed by atoms with Crippen LogP contribution in [0.3, 0.4) is 0 Å². The second kappa shape index (κ2) is 52.3. The fourth-order valence-electron chi connectivity index (χ4n) is 8.45. The van der Waals surface area contributed by atoms with Gasteiger partial charge in [-0.25, -0.2) is 4.57 Å². The molecule has 0 fully saturated rings. The van der Waals surface area contributed by atoms with Gasteiger partial charge in [0.25, 0.3) is 0 Å². The summed E-state index contributed by atoms with van der Waals surface area (Å²) >= 11 is 0. The molecule has 11 nitrogen and oxygen atoms in total. The van der Waals surface area contributed by atoms with E-state index in [1.54, 1.807) is 0 Å². The first-order valence-corrected chi connectivity index (χ1v) is 30.4. The van der Waals surface area contributed by atoms with Crippen molar-refractivity contribution in [1.82, 2.24) is 0 Å². The van der Waals surface area contributed by atoms with E-state index >= 15 is 0 Å². The molecule has 12 heteroatoms. The van der Waals surface area contributed by atoms with Crippen molar-refractivity contribution in [3.05, 3.63) is 24.3 Å². The Morgan fingerprint density at radius 3 is 1.13 bits per heavy atom. The predicted octanol–water partition coefficient (Wildman–Crippen LogP) is 16.9. The van der Waals surface area contributed by atoms with Gasteiger partial charge in [-0.05, 0) is 44.9 Å². The SMILES string of the molecule is CCCCCCC/C=C\C/C=C\CCCCCCCCCCCC(=O)OC(COC(=O)CCCCCCCCCCCCCCCCCCCCCCCCCC)COP(=O)(O)OCC(N)C(=O)O. The average Bonchev–Trinajstić information content (AvgIpc) is 3.33. The number of nitrogens with two attached hydrogens (primary N) is 1. The minimum absolute atomic E-state index is 0.160. The summed E-state index contributed by atoms with van der Waals surface area (Å²) < 4.78 is 33.0. The number of carboxylic acid groups (broad SMARTS) is 1. The van der Waals surface area contributed by atoms with Gasteiger partial charge in [0.05, 0.1) is 13.2 Å². The quantitative estimate of drug-likeness (QED) is 0.0229. The molecule has 69 heavy (non-hydrogen) atoms. The van der Waals surface area contributed by atoms with Crippen molar-refractivity contribution in [2.24, 2.45) is 5.73 Å². The number of phosphoric ester groups is 1. The minimum atomic E-state index is -4.72. The summed E-state index contributed by atoms with van der Waals surface area (Å²) in [6.45, 7) is 2.86. The van der Waals surface area contributed by atoms with Crippen LogP contribution >= 0.6 is 7.82 Å². The molecule has 0 aliphatic carbocycles. The highest BCUT2D eigenvalue weighted by atomic mass is 31.2. The van der Waals surface area contributed by atoms with Gasteiger partial charge >= 0.3 is 25.7 Å². The second-order valence-corrected chi connectivity index (χ2v) is 21.2. The number of phosphoric acid groups is 1. The summed E-state index contributed by atoms with van der Waals surface area (Å²) in [6.07, 6.45) is 59.6. The maximum atomic E-state index is 12.7. The summed E-state index contributed by atoms with van der Waals surface area (Å²) in [5.74, 6) is -2.36. The molecule has 0 heterocycles. The van der Waals surface area contributed by atoms with E-state index in [9.17, 15) is 23.8 Å². The topological polar surface area (TPSA) is 172 Å². The standard InChI is InChI=1S/C57H108NO10P/c1-3-5-7-9-11-13-15-17-19-21-23-25-26-27-29-30-32-34-36-38-40-42-44-46-48-55(59)65-50-53(51-66-69(63,64)67-52-54(58)57(61)62)68-56(60)49-47-45-43-41-39-37-35-33-31-28-24-22-20-18-16-14-12-10-8-6-4-2/h16,18,22,24,53-54H,3-15,17,19-21,23,25-52,58H2,1-2H3,(H,61,62)(H,63,64)/b18-16-,24-22-. The number of allylic oxidation sites excluding steroid dienone is 4. The van der Waals surface area contributed by atoms with Gasteiger partial charge in [-0.15, -0.1) is 0 Å². The lowest BCUT2D eigenvalue weighted by Crippen LogP contribution is -2.34. The molecular formula is C57H108NO10P. The number of carbonyl (C=O) groups excluding carboxylic acids is 2. The van der Waals surface area contributed by atoms with Gasteiger partial charge in [-0.1, -0.05) is 256 Å². The van der Waals surface area contributed by atoms with Gasteiger partial charge in [-0.3, -0.25) is 23.4 Å². The maximum Gasteiger partial charge on any atom is 0.472 e. The molecule has 0 aliphatic rings. The zero-order valence-electron chi connectivity index (χ0n) is 44.7. The van der Waals surface area contributed by atoms with Crippen molar-refractivity contribution in [2.45, 2.75) is 302 Å². The van der Waals surface area contributed by atoms with Gasteiger partial charge in [-0.2, -0.15) is 0 Å². The Kier molecular flexibility index (Phi) is 50.7. The zero-order chi connectivity index (χ0) is 50.6. The first kappa shape index (κ1) is 67.0. The van der Waals surface area contributed by atoms with E-state index in [2.05, 4.69) is 38.2 Å². The molecule has 3 atom stereocenters. The van der Waals surface area contributed by atoms with Crippen LogP contribution in [0.1, 0.15) is 290 Å². The molecule has 406 valence electrons. The fourth-order valence-corrected chi connectivity index (χ4v) is 9.23. The highest BCUT2D eigenvalue weighted by Crippen LogP contribution is 2.43. The number of hydrogen-bond donors (Lipinski definition) is 3. The van der Waals surface area contributed by atoms with Crippen molar-refractivity contribution in [2.75, 3.05) is 19.8 Å². The molecule has 0 aromatic heterocycles. The summed E-state index contributed by atoms with van der Waals surface area (Å²) in [5, 5.41) is 8.94. The normalized spacial score (nSPS) is 13.6. The van der Waals surface area contributed by atoms with E-state index in [1.165, 1.54) is 199 Å². The first-order chi connectivity index (χ1) is 33.6. The van der Waals surface area contributed by atoms with Gasteiger partial charge in [0, 0.05) is 12.8 Å². The molecular weight excluding hydrogens is 890 g/mol. The Morgan fingerprint density at radius 2 is 0.768 bits per heavy atom. The van der Waals surface area contributed by atoms with Crippen molar-refractivity contribution in [3.8, 4) is 0 Å². The van der Waals surface area contributed by atoms with Crippen molar-refractivity contribution in [1.29, 1.82) is 0 Å². The lowest BCUT2D eigenvalue weighted by atomic mass is 10.0. The molecule has 0 bridgehead atoms. The number of rotatable bonds is 55. The number of carboxylic acids is 1. The first-order valence-electron chi connectivity index (χ1n) is 28.9. The van der Waals surface area contributed by atoms with E-state index < -0.39 is 51.1 Å². The summed E-state index contributed by atoms with van der Waals surface area (Å²) in [7, 11) is -4.72. The Bertz CT molecular complexity index is 1260. The highest BCUT2D eigenvalue weighted by molar-refractivity contribution is 7.47. The molecule has 0 spiro atoms. The molecule has 0 aromatic rings. The smallest absolute Gasteiger partial charge is 0.472 e. The van der Waals surface area contributed by atoms with E-state index in [1.807, 2.05) is 0 Å². The molecule has 0 saturated heterocycles. The van der Waals surface area contributed by atoms with Gasteiger partial charge in [0.15, 0.2) is 6.10 Å². The van der Waals surface area contributed by atoms with Crippen LogP contribution in [0.5, 0.6) is 0 Å². The van der Waals surface area contributed by atoms with Crippen LogP contribution in [0.15, 0.2) is 24.3 Å². The number of ether oxygens (including phenoxy) is 2. The Morgan fingerprint density at radius 1 is 0.449 bits per heavy atom. The molecule has 3 unspecified atom stereocenters. The largest absolute Gasteiger partial charge is 0.480 e. The van der Waals surface area contributed by atoms with Crippen LogP contribution < -0.4 is 5.73 Å². The molecule has 0 aromatic carbocycles. The summed E-state index contributed by atoms with van der Waals surface area (Å²) in [6, 6.07) is -1.52. The fraction of sp³-hybridized carbons (Fsp3) is 0.877. The molecule has 0 aliphatic heterocycles. The molecule has 0 amide bonds. The predicted molar refractivity (Wildman–Crippen MR) is 286 cm³/mol. The molecule has 0 saturated carbocycles. The van der Waals surface area contributed by atoms with Crippen LogP contribution in [-0.4, -0.2) is 59.9 Å². The van der Waals surface area contributed by atoms with E-state index in [0.29, 0.717) is 12.8 Å². The lowest BCUT2D eigenvalue weighted by Gasteiger charge is -2.20. The Labute approximate surface area is 423 Å². The van der Waals surface area contributed by atoms with Crippen LogP contribution in [-0.2, 0) is 37.5 Å². The van der Waals surface area contributed by atoms with E-state index in [-0.39, 0.29) is 19.4 Å². The Hall–Kier alpha value is -2.04. The third-order valence-corrected chi connectivity index (χ3v) is 13.9. The molecule has 0 rings (SSSR count). The summed E-state index contributed by atoms with van der Waals surface area (Å²) in [4.78, 5) is 46.3. The van der Waals surface area contributed by atoms with E-state index in [0.717, 1.165) is 51.4 Å². The van der Waals surface area contributed by atoms with Crippen LogP contribution in [0.4, 0.5) is 0 Å². The van der Waals surface area contributed by atoms with Crippen molar-refractivity contribution >= 4 is 25.7 Å². The lowest BCUT2D eigenvalue weighted by molar-refractivity contribution is -0.161. The highest BCUT2D eigenvalue weighted by Gasteiger charge is 2.28. The molecule has 0 radical (unpaired) electrons. The second-order valence-electron chi connectivity index (χ2n) is 19.8. The van der Waals surface area contributed by atoms with Gasteiger partial charge in [0.2, 0.25) is 0 Å². The number of aliphatic carboxylic acids is 1. The number of carbonyl (C=O) groups is 3. The third kappa shape index (κ3) is 52.1. The van der Waals surface area contributed by atoms with E-state index in [4.69, 9.17) is 29.4 Å². The maximum absolute atomic E-state index is 12.7.